The summed E-state index contributed by atoms with van der Waals surface area (Å²) in [5, 5.41) is 3.04. The van der Waals surface area contributed by atoms with Gasteiger partial charge >= 0.3 is 13.8 Å². The number of amides is 1. The lowest BCUT2D eigenvalue weighted by Crippen LogP contribution is -2.47. The average molecular weight is 1060 g/mol. The van der Waals surface area contributed by atoms with Gasteiger partial charge in [-0.25, -0.2) is 4.57 Å². The number of phosphoric acid groups is 1. The van der Waals surface area contributed by atoms with E-state index in [9.17, 15) is 19.0 Å². The van der Waals surface area contributed by atoms with Crippen LogP contribution < -0.4 is 5.32 Å². The zero-order valence-electron chi connectivity index (χ0n) is 48.8. The fourth-order valence-corrected chi connectivity index (χ4v) is 9.15. The number of phosphoric ester groups is 1. The van der Waals surface area contributed by atoms with E-state index in [4.69, 9.17) is 13.8 Å². The van der Waals surface area contributed by atoms with E-state index >= 15 is 0 Å². The van der Waals surface area contributed by atoms with Crippen molar-refractivity contribution in [3.05, 3.63) is 85.1 Å². The molecule has 0 bridgehead atoms. The molecule has 0 spiro atoms. The Morgan fingerprint density at radius 2 is 0.865 bits per heavy atom. The van der Waals surface area contributed by atoms with Crippen LogP contribution in [0.2, 0.25) is 0 Å². The molecule has 0 aromatic rings. The number of likely N-dealkylation sites (N-methyl/N-ethyl adjacent to an activating group) is 1. The maximum absolute atomic E-state index is 13.5. The predicted octanol–water partition coefficient (Wildman–Crippen LogP) is 18.6. The van der Waals surface area contributed by atoms with Gasteiger partial charge in [0.25, 0.3) is 0 Å². The summed E-state index contributed by atoms with van der Waals surface area (Å²) >= 11 is 0. The molecule has 74 heavy (non-hydrogen) atoms. The van der Waals surface area contributed by atoms with Gasteiger partial charge in [-0.3, -0.25) is 18.6 Å². The van der Waals surface area contributed by atoms with Crippen LogP contribution in [0.25, 0.3) is 0 Å². The Morgan fingerprint density at radius 1 is 0.486 bits per heavy atom. The summed E-state index contributed by atoms with van der Waals surface area (Å²) in [6.07, 6.45) is 70.1. The molecular weight excluding hydrogens is 940 g/mol. The molecule has 0 fully saturated rings. The number of esters is 1. The average Bonchev–Trinajstić information content (AvgIpc) is 3.36. The van der Waals surface area contributed by atoms with Crippen LogP contribution >= 0.6 is 7.82 Å². The van der Waals surface area contributed by atoms with E-state index < -0.39 is 20.0 Å². The number of carbonyl (C=O) groups excluding carboxylic acids is 2. The molecule has 0 radical (unpaired) electrons. The number of carbonyl (C=O) groups is 2. The van der Waals surface area contributed by atoms with Gasteiger partial charge in [0.05, 0.1) is 33.8 Å². The van der Waals surface area contributed by atoms with Crippen molar-refractivity contribution >= 4 is 19.7 Å². The lowest BCUT2D eigenvalue weighted by Gasteiger charge is -2.27. The normalized spacial score (nSPS) is 14.3. The molecule has 0 aromatic heterocycles. The number of hydrogen-bond donors (Lipinski definition) is 2. The molecule has 0 heterocycles. The monoisotopic (exact) mass is 1060 g/mol. The van der Waals surface area contributed by atoms with Crippen molar-refractivity contribution in [1.82, 2.24) is 5.32 Å². The summed E-state index contributed by atoms with van der Waals surface area (Å²) in [4.78, 5) is 37.6. The Balaban J connectivity index is 5.18. The van der Waals surface area contributed by atoms with E-state index in [-0.39, 0.29) is 31.5 Å². The van der Waals surface area contributed by atoms with Gasteiger partial charge in [0.2, 0.25) is 5.91 Å². The predicted molar refractivity (Wildman–Crippen MR) is 318 cm³/mol. The third-order valence-electron chi connectivity index (χ3n) is 13.1. The van der Waals surface area contributed by atoms with Crippen molar-refractivity contribution in [2.75, 3.05) is 40.9 Å². The summed E-state index contributed by atoms with van der Waals surface area (Å²) in [7, 11) is 1.48. The maximum atomic E-state index is 13.5. The highest BCUT2D eigenvalue weighted by atomic mass is 31.2. The first-order valence-electron chi connectivity index (χ1n) is 30.4. The minimum absolute atomic E-state index is 0.0347. The fourth-order valence-electron chi connectivity index (χ4n) is 8.41. The van der Waals surface area contributed by atoms with Crippen molar-refractivity contribution in [2.24, 2.45) is 0 Å². The number of hydrogen-bond acceptors (Lipinski definition) is 6. The second kappa shape index (κ2) is 53.6. The van der Waals surface area contributed by atoms with Crippen LogP contribution in [0.3, 0.4) is 0 Å². The van der Waals surface area contributed by atoms with Crippen molar-refractivity contribution in [1.29, 1.82) is 0 Å². The summed E-state index contributed by atoms with van der Waals surface area (Å²) in [6.45, 7) is 6.87. The van der Waals surface area contributed by atoms with Crippen LogP contribution in [0.4, 0.5) is 0 Å². The van der Waals surface area contributed by atoms with Crippen LogP contribution in [0.15, 0.2) is 85.1 Å². The van der Waals surface area contributed by atoms with Crippen LogP contribution in [0.1, 0.15) is 258 Å². The maximum Gasteiger partial charge on any atom is 0.472 e. The molecular formula is C64H116N2O7P+. The van der Waals surface area contributed by atoms with Crippen molar-refractivity contribution < 1.29 is 37.3 Å². The van der Waals surface area contributed by atoms with Crippen LogP contribution in [0, 0.1) is 0 Å². The van der Waals surface area contributed by atoms with Gasteiger partial charge in [-0.15, -0.1) is 0 Å². The van der Waals surface area contributed by atoms with E-state index in [1.165, 1.54) is 103 Å². The van der Waals surface area contributed by atoms with Gasteiger partial charge in [-0.05, 0) is 83.1 Å². The zero-order chi connectivity index (χ0) is 54.3. The smallest absolute Gasteiger partial charge is 0.456 e. The molecule has 0 aliphatic heterocycles. The van der Waals surface area contributed by atoms with Crippen molar-refractivity contribution in [2.45, 2.75) is 270 Å². The summed E-state index contributed by atoms with van der Waals surface area (Å²) in [5.41, 5.74) is 0. The van der Waals surface area contributed by atoms with Gasteiger partial charge < -0.3 is 19.4 Å². The second-order valence-corrected chi connectivity index (χ2v) is 23.0. The van der Waals surface area contributed by atoms with E-state index in [2.05, 4.69) is 99.0 Å². The summed E-state index contributed by atoms with van der Waals surface area (Å²) in [5.74, 6) is -0.523. The Hall–Kier alpha value is -2.81. The number of nitrogens with one attached hydrogen (secondary N) is 1. The highest BCUT2D eigenvalue weighted by Crippen LogP contribution is 2.43. The minimum atomic E-state index is -4.45. The largest absolute Gasteiger partial charge is 0.472 e. The molecule has 3 atom stereocenters. The number of nitrogens with zero attached hydrogens (tertiary/aromatic N) is 1. The number of ether oxygens (including phenoxy) is 1. The fraction of sp³-hybridized carbons (Fsp3) is 0.750. The molecule has 0 aliphatic rings. The highest BCUT2D eigenvalue weighted by Gasteiger charge is 2.30. The number of unbranched alkanes of at least 4 members (excludes halogenated alkanes) is 26. The van der Waals surface area contributed by atoms with Gasteiger partial charge in [-0.1, -0.05) is 247 Å². The Kier molecular flexibility index (Phi) is 51.5. The second-order valence-electron chi connectivity index (χ2n) is 21.5. The minimum Gasteiger partial charge on any atom is -0.456 e. The molecule has 0 aliphatic carbocycles. The van der Waals surface area contributed by atoms with Gasteiger partial charge in [0.1, 0.15) is 19.3 Å². The van der Waals surface area contributed by atoms with E-state index in [0.29, 0.717) is 17.4 Å². The molecule has 3 unspecified atom stereocenters. The van der Waals surface area contributed by atoms with Crippen LogP contribution in [0.5, 0.6) is 0 Å². The standard InChI is InChI=1S/C64H115N2O7P/c1-7-10-13-16-19-22-25-27-28-29-30-31-32-33-34-35-36-37-38-39-42-44-47-50-53-56-63(67)65-61(60-72-74(69,70)71-59-58-66(4,5)6)62(55-52-49-46-43-41-26-23-20-17-14-11-8-2)73-64(68)57-54-51-48-45-40-24-21-18-15-12-9-3/h10,13,19,22,27-28,30-31,33-34,36-37,52,55,61-62H,7-9,11-12,14-18,20-21,23-26,29,32,35,38-51,53-54,56-60H2,1-6H3,(H-,65,67,69,70)/p+1/b13-10-,22-19-,28-27-,31-30-,34-33-,37-36-,55-52-. The molecule has 0 saturated carbocycles. The Labute approximate surface area is 456 Å². The van der Waals surface area contributed by atoms with Crippen molar-refractivity contribution in [3.8, 4) is 0 Å². The molecule has 0 aromatic carbocycles. The third kappa shape index (κ3) is 54.0. The van der Waals surface area contributed by atoms with Crippen LogP contribution in [-0.2, 0) is 27.9 Å². The van der Waals surface area contributed by atoms with E-state index in [0.717, 1.165) is 122 Å². The van der Waals surface area contributed by atoms with Gasteiger partial charge in [0, 0.05) is 12.8 Å². The van der Waals surface area contributed by atoms with Gasteiger partial charge in [0.15, 0.2) is 0 Å². The lowest BCUT2D eigenvalue weighted by atomic mass is 10.0. The summed E-state index contributed by atoms with van der Waals surface area (Å²) < 4.78 is 30.6. The number of quaternary nitrogens is 1. The first-order valence-corrected chi connectivity index (χ1v) is 31.9. The third-order valence-corrected chi connectivity index (χ3v) is 14.1. The first-order chi connectivity index (χ1) is 35.9. The molecule has 10 heteroatoms. The first kappa shape index (κ1) is 71.2. The Bertz CT molecular complexity index is 1540. The molecule has 428 valence electrons. The molecule has 0 rings (SSSR count). The van der Waals surface area contributed by atoms with E-state index in [1.807, 2.05) is 33.3 Å². The van der Waals surface area contributed by atoms with E-state index in [1.54, 1.807) is 0 Å². The lowest BCUT2D eigenvalue weighted by molar-refractivity contribution is -0.870. The zero-order valence-corrected chi connectivity index (χ0v) is 49.7. The topological polar surface area (TPSA) is 111 Å². The number of rotatable bonds is 54. The molecule has 0 saturated heterocycles. The summed E-state index contributed by atoms with van der Waals surface area (Å²) in [6, 6.07) is -0.857. The van der Waals surface area contributed by atoms with Gasteiger partial charge in [-0.2, -0.15) is 0 Å². The highest BCUT2D eigenvalue weighted by molar-refractivity contribution is 7.47. The van der Waals surface area contributed by atoms with Crippen molar-refractivity contribution in [3.63, 3.8) is 0 Å². The van der Waals surface area contributed by atoms with Crippen LogP contribution in [-0.4, -0.2) is 74.3 Å². The number of allylic oxidation sites excluding steroid dienone is 13. The molecule has 9 nitrogen and oxygen atoms in total. The quantitative estimate of drug-likeness (QED) is 0.0205. The Morgan fingerprint density at radius 3 is 1.30 bits per heavy atom. The SMILES string of the molecule is CC/C=C\C/C=C\C/C=C\C/C=C\C/C=C\C/C=C\CCCCCCCCC(=O)NC(COP(=O)(O)OCC[N+](C)(C)C)C(/C=C\CCCCCCCCCCCC)OC(=O)CCCCCCCCCCCCC. The molecule has 1 amide bonds. The molecule has 2 N–H and O–H groups in total.